The van der Waals surface area contributed by atoms with Crippen LogP contribution in [0.3, 0.4) is 0 Å². The first-order valence-corrected chi connectivity index (χ1v) is 42.8. The molecule has 1 amide bonds. The SMILES string of the molecule is CCCCCCCCCCCCCCCCCCCCCCCCCCC(O)C(CO)NC(=O)CCCCCCCCCCCCCCCCCCCCCCCCCCCCCCCCCCCCCCCCCOC(=O)CCCCCCCCCCCCC. The predicted molar refractivity (Wildman–Crippen MR) is 403 cm³/mol. The van der Waals surface area contributed by atoms with Crippen LogP contribution in [0.15, 0.2) is 0 Å². The first-order chi connectivity index (χ1) is 45.0. The smallest absolute Gasteiger partial charge is 0.305 e. The third kappa shape index (κ3) is 77.7. The lowest BCUT2D eigenvalue weighted by Gasteiger charge is -2.22. The maximum atomic E-state index is 12.6. The summed E-state index contributed by atoms with van der Waals surface area (Å²) in [6.45, 7) is 5.02. The van der Waals surface area contributed by atoms with Gasteiger partial charge in [-0.1, -0.05) is 470 Å². The van der Waals surface area contributed by atoms with Crippen molar-refractivity contribution in [2.75, 3.05) is 13.2 Å². The zero-order valence-corrected chi connectivity index (χ0v) is 62.6. The molecule has 91 heavy (non-hydrogen) atoms. The fraction of sp³-hybridized carbons (Fsp3) is 0.976. The molecule has 0 radical (unpaired) electrons. The third-order valence-electron chi connectivity index (χ3n) is 20.7. The van der Waals surface area contributed by atoms with Crippen molar-refractivity contribution in [1.29, 1.82) is 0 Å². The van der Waals surface area contributed by atoms with Crippen LogP contribution in [0, 0.1) is 0 Å². The summed E-state index contributed by atoms with van der Waals surface area (Å²) in [5.74, 6) is 0.00329. The second-order valence-corrected chi connectivity index (χ2v) is 29.9. The molecular weight excluding hydrogens is 1110 g/mol. The molecule has 2 atom stereocenters. The molecule has 6 heteroatoms. The molecule has 0 bridgehead atoms. The zero-order chi connectivity index (χ0) is 65.6. The summed E-state index contributed by atoms with van der Waals surface area (Å²) in [5.41, 5.74) is 0. The van der Waals surface area contributed by atoms with E-state index in [-0.39, 0.29) is 18.5 Å². The number of carbonyl (C=O) groups excluding carboxylic acids is 2. The van der Waals surface area contributed by atoms with Crippen LogP contribution in [0.1, 0.15) is 508 Å². The summed E-state index contributed by atoms with van der Waals surface area (Å²) < 4.78 is 5.49. The van der Waals surface area contributed by atoms with E-state index in [1.54, 1.807) is 0 Å². The van der Waals surface area contributed by atoms with Gasteiger partial charge in [-0.2, -0.15) is 0 Å². The van der Waals surface area contributed by atoms with Crippen molar-refractivity contribution in [2.45, 2.75) is 520 Å². The molecule has 0 aliphatic carbocycles. The van der Waals surface area contributed by atoms with Crippen LogP contribution in [0.5, 0.6) is 0 Å². The minimum atomic E-state index is -0.661. The van der Waals surface area contributed by atoms with Crippen LogP contribution >= 0.6 is 0 Å². The molecule has 0 aromatic heterocycles. The minimum absolute atomic E-state index is 0.0219. The highest BCUT2D eigenvalue weighted by molar-refractivity contribution is 5.76. The lowest BCUT2D eigenvalue weighted by Crippen LogP contribution is -2.45. The summed E-state index contributed by atoms with van der Waals surface area (Å²) in [7, 11) is 0. The van der Waals surface area contributed by atoms with Gasteiger partial charge in [-0.3, -0.25) is 9.59 Å². The Labute approximate surface area is 572 Å². The van der Waals surface area contributed by atoms with Gasteiger partial charge < -0.3 is 20.3 Å². The van der Waals surface area contributed by atoms with Gasteiger partial charge in [-0.25, -0.2) is 0 Å². The standard InChI is InChI=1S/C85H169NO5/c1-3-5-7-9-11-13-15-16-17-18-19-20-21-39-42-45-48-51-54-58-61-65-69-73-77-83(88)82(81-87)86-84(89)78-74-70-66-62-59-55-52-49-46-43-40-37-35-33-31-29-27-25-23-22-24-26-28-30-32-34-36-38-41-44-47-50-53-56-60-64-68-72-76-80-91-85(90)79-75-71-67-63-57-14-12-10-8-6-4-2/h82-83,87-88H,3-81H2,1-2H3,(H,86,89). The lowest BCUT2D eigenvalue weighted by atomic mass is 10.0. The summed E-state index contributed by atoms with van der Waals surface area (Å²) in [4.78, 5) is 24.6. The summed E-state index contributed by atoms with van der Waals surface area (Å²) in [5, 5.41) is 23.5. The number of rotatable bonds is 82. The second-order valence-electron chi connectivity index (χ2n) is 29.9. The van der Waals surface area contributed by atoms with Crippen molar-refractivity contribution >= 4 is 11.9 Å². The number of aliphatic hydroxyl groups is 2. The minimum Gasteiger partial charge on any atom is -0.466 e. The Morgan fingerprint density at radius 2 is 0.451 bits per heavy atom. The van der Waals surface area contributed by atoms with Gasteiger partial charge >= 0.3 is 5.97 Å². The van der Waals surface area contributed by atoms with Gasteiger partial charge in [0.05, 0.1) is 25.4 Å². The number of esters is 1. The number of amides is 1. The molecule has 0 aliphatic rings. The normalized spacial score (nSPS) is 12.4. The highest BCUT2D eigenvalue weighted by atomic mass is 16.5. The number of unbranched alkanes of at least 4 members (excludes halogenated alkanes) is 71. The number of hydrogen-bond donors (Lipinski definition) is 3. The highest BCUT2D eigenvalue weighted by Crippen LogP contribution is 2.21. The van der Waals surface area contributed by atoms with Gasteiger partial charge in [0.25, 0.3) is 0 Å². The van der Waals surface area contributed by atoms with E-state index in [4.69, 9.17) is 4.74 Å². The average Bonchev–Trinajstić information content (AvgIpc) is 3.75. The molecule has 0 aliphatic heterocycles. The molecule has 3 N–H and O–H groups in total. The number of nitrogens with one attached hydrogen (secondary N) is 1. The van der Waals surface area contributed by atoms with E-state index < -0.39 is 12.1 Å². The Morgan fingerprint density at radius 3 is 0.670 bits per heavy atom. The van der Waals surface area contributed by atoms with Gasteiger partial charge in [-0.15, -0.1) is 0 Å². The molecule has 0 saturated heterocycles. The van der Waals surface area contributed by atoms with Crippen LogP contribution in [-0.2, 0) is 14.3 Å². The van der Waals surface area contributed by atoms with E-state index in [0.29, 0.717) is 25.9 Å². The van der Waals surface area contributed by atoms with Crippen molar-refractivity contribution in [2.24, 2.45) is 0 Å². The molecule has 0 spiro atoms. The Morgan fingerprint density at radius 1 is 0.264 bits per heavy atom. The zero-order valence-electron chi connectivity index (χ0n) is 62.6. The van der Waals surface area contributed by atoms with Crippen LogP contribution in [0.2, 0.25) is 0 Å². The monoisotopic (exact) mass is 1280 g/mol. The fourth-order valence-corrected chi connectivity index (χ4v) is 14.2. The van der Waals surface area contributed by atoms with Gasteiger partial charge in [-0.05, 0) is 25.7 Å². The van der Waals surface area contributed by atoms with Gasteiger partial charge in [0, 0.05) is 12.8 Å². The van der Waals surface area contributed by atoms with Crippen LogP contribution in [0.4, 0.5) is 0 Å². The first kappa shape index (κ1) is 89.9. The van der Waals surface area contributed by atoms with E-state index in [1.165, 1.54) is 437 Å². The molecule has 0 aromatic rings. The summed E-state index contributed by atoms with van der Waals surface area (Å²) in [6.07, 6.45) is 102. The first-order valence-electron chi connectivity index (χ1n) is 42.8. The predicted octanol–water partition coefficient (Wildman–Crippen LogP) is 28.4. The molecule has 0 aromatic carbocycles. The number of aliphatic hydroxyl groups excluding tert-OH is 2. The van der Waals surface area contributed by atoms with Crippen molar-refractivity contribution in [3.8, 4) is 0 Å². The van der Waals surface area contributed by atoms with Crippen molar-refractivity contribution in [1.82, 2.24) is 5.32 Å². The van der Waals surface area contributed by atoms with Gasteiger partial charge in [0.2, 0.25) is 5.91 Å². The van der Waals surface area contributed by atoms with Crippen LogP contribution < -0.4 is 5.32 Å². The van der Waals surface area contributed by atoms with E-state index in [2.05, 4.69) is 19.2 Å². The molecule has 0 rings (SSSR count). The maximum Gasteiger partial charge on any atom is 0.305 e. The Hall–Kier alpha value is -1.14. The molecule has 0 heterocycles. The van der Waals surface area contributed by atoms with E-state index in [9.17, 15) is 19.8 Å². The molecule has 0 fully saturated rings. The van der Waals surface area contributed by atoms with Gasteiger partial charge in [0.15, 0.2) is 0 Å². The van der Waals surface area contributed by atoms with Gasteiger partial charge in [0.1, 0.15) is 0 Å². The van der Waals surface area contributed by atoms with E-state index in [0.717, 1.165) is 38.5 Å². The largest absolute Gasteiger partial charge is 0.466 e. The van der Waals surface area contributed by atoms with Crippen molar-refractivity contribution in [3.63, 3.8) is 0 Å². The fourth-order valence-electron chi connectivity index (χ4n) is 14.2. The Bertz CT molecular complexity index is 1340. The average molecular weight is 1290 g/mol. The van der Waals surface area contributed by atoms with Crippen molar-refractivity contribution in [3.05, 3.63) is 0 Å². The summed E-state index contributed by atoms with van der Waals surface area (Å²) >= 11 is 0. The number of carbonyl (C=O) groups is 2. The summed E-state index contributed by atoms with van der Waals surface area (Å²) in [6, 6.07) is -0.537. The Balaban J connectivity index is 3.30. The Kier molecular flexibility index (Phi) is 80.3. The number of hydrogen-bond acceptors (Lipinski definition) is 5. The maximum absolute atomic E-state index is 12.6. The highest BCUT2D eigenvalue weighted by Gasteiger charge is 2.20. The molecule has 0 saturated carbocycles. The molecule has 2 unspecified atom stereocenters. The quantitative estimate of drug-likeness (QED) is 0.0417. The second kappa shape index (κ2) is 81.3. The van der Waals surface area contributed by atoms with Crippen molar-refractivity contribution < 1.29 is 24.5 Å². The van der Waals surface area contributed by atoms with Crippen LogP contribution in [0.25, 0.3) is 0 Å². The van der Waals surface area contributed by atoms with Crippen LogP contribution in [-0.4, -0.2) is 47.4 Å². The van der Waals surface area contributed by atoms with E-state index in [1.807, 2.05) is 0 Å². The lowest BCUT2D eigenvalue weighted by molar-refractivity contribution is -0.143. The molecule has 6 nitrogen and oxygen atoms in total. The molecule has 544 valence electrons. The topological polar surface area (TPSA) is 95.9 Å². The number of ether oxygens (including phenoxy) is 1. The molecular formula is C85H169NO5. The van der Waals surface area contributed by atoms with E-state index >= 15 is 0 Å². The third-order valence-corrected chi connectivity index (χ3v) is 20.7.